The van der Waals surface area contributed by atoms with E-state index in [0.717, 1.165) is 12.0 Å². The summed E-state index contributed by atoms with van der Waals surface area (Å²) < 4.78 is 0. The van der Waals surface area contributed by atoms with Gasteiger partial charge in [-0.3, -0.25) is 0 Å². The molecular weight excluding hydrogens is 367 g/mol. The molecule has 0 N–H and O–H groups in total. The molecule has 0 aliphatic rings. The van der Waals surface area contributed by atoms with Gasteiger partial charge in [0.25, 0.3) is 0 Å². The Hall–Kier alpha value is -1.02. The van der Waals surface area contributed by atoms with Crippen molar-refractivity contribution in [2.75, 3.05) is 0 Å². The summed E-state index contributed by atoms with van der Waals surface area (Å²) >= 11 is 15.9. The average Bonchev–Trinajstić information content (AvgIpc) is 2.46. The van der Waals surface area contributed by atoms with Crippen LogP contribution in [-0.2, 0) is 6.42 Å². The molecule has 0 aliphatic heterocycles. The zero-order chi connectivity index (χ0) is 14.8. The summed E-state index contributed by atoms with van der Waals surface area (Å²) in [5.41, 5.74) is 2.38. The second-order valence-electron chi connectivity index (χ2n) is 5.06. The Morgan fingerprint density at radius 1 is 0.810 bits per heavy atom. The summed E-state index contributed by atoms with van der Waals surface area (Å²) in [5.74, 6) is 0. The molecule has 1 atom stereocenters. The molecule has 3 aromatic rings. The van der Waals surface area contributed by atoms with Gasteiger partial charge in [0.05, 0.1) is 0 Å². The topological polar surface area (TPSA) is 0 Å². The van der Waals surface area contributed by atoms with Crippen LogP contribution >= 0.6 is 39.1 Å². The molecule has 0 nitrogen and oxygen atoms in total. The maximum atomic E-state index is 6.07. The van der Waals surface area contributed by atoms with E-state index in [1.807, 2.05) is 12.1 Å². The van der Waals surface area contributed by atoms with Crippen molar-refractivity contribution in [3.05, 3.63) is 81.8 Å². The summed E-state index contributed by atoms with van der Waals surface area (Å²) in [7, 11) is 0. The van der Waals surface area contributed by atoms with Gasteiger partial charge in [-0.15, -0.1) is 0 Å². The number of hydrogen-bond acceptors (Lipinski definition) is 0. The van der Waals surface area contributed by atoms with E-state index in [9.17, 15) is 0 Å². The molecule has 106 valence electrons. The molecule has 1 unspecified atom stereocenters. The molecule has 0 aromatic heterocycles. The van der Waals surface area contributed by atoms with Crippen molar-refractivity contribution in [1.29, 1.82) is 0 Å². The van der Waals surface area contributed by atoms with E-state index >= 15 is 0 Å². The highest BCUT2D eigenvalue weighted by atomic mass is 79.9. The quantitative estimate of drug-likeness (QED) is 0.437. The van der Waals surface area contributed by atoms with E-state index in [1.54, 1.807) is 6.07 Å². The normalized spacial score (nSPS) is 12.5. The molecule has 0 saturated heterocycles. The van der Waals surface area contributed by atoms with Gasteiger partial charge in [-0.2, -0.15) is 0 Å². The summed E-state index contributed by atoms with van der Waals surface area (Å²) in [6.07, 6.45) is 0.890. The lowest BCUT2D eigenvalue weighted by Gasteiger charge is -2.12. The summed E-state index contributed by atoms with van der Waals surface area (Å²) in [6.45, 7) is 0. The zero-order valence-electron chi connectivity index (χ0n) is 11.2. The fourth-order valence-corrected chi connectivity index (χ4v) is 3.63. The first-order valence-electron chi connectivity index (χ1n) is 6.69. The van der Waals surface area contributed by atoms with Crippen LogP contribution in [0.3, 0.4) is 0 Å². The maximum absolute atomic E-state index is 6.07. The molecule has 3 heteroatoms. The second kappa shape index (κ2) is 6.39. The first-order valence-corrected chi connectivity index (χ1v) is 8.37. The molecule has 21 heavy (non-hydrogen) atoms. The first kappa shape index (κ1) is 14.9. The van der Waals surface area contributed by atoms with E-state index in [0.29, 0.717) is 10.0 Å². The van der Waals surface area contributed by atoms with Crippen LogP contribution < -0.4 is 0 Å². The molecule has 0 fully saturated rings. The smallest absolute Gasteiger partial charge is 0.0436 e. The van der Waals surface area contributed by atoms with E-state index in [4.69, 9.17) is 23.2 Å². The molecule has 0 amide bonds. The molecule has 3 rings (SSSR count). The molecule has 0 heterocycles. The van der Waals surface area contributed by atoms with Crippen molar-refractivity contribution < 1.29 is 0 Å². The average molecular weight is 380 g/mol. The van der Waals surface area contributed by atoms with E-state index < -0.39 is 0 Å². The molecular formula is C18H13BrCl2. The Morgan fingerprint density at radius 3 is 2.19 bits per heavy atom. The van der Waals surface area contributed by atoms with Crippen LogP contribution in [0.5, 0.6) is 0 Å². The van der Waals surface area contributed by atoms with Gasteiger partial charge in [-0.05, 0) is 46.5 Å². The van der Waals surface area contributed by atoms with Crippen molar-refractivity contribution >= 4 is 49.9 Å². The summed E-state index contributed by atoms with van der Waals surface area (Å²) in [5, 5.41) is 3.86. The second-order valence-corrected chi connectivity index (χ2v) is 7.03. The largest absolute Gasteiger partial charge is 0.0843 e. The predicted molar refractivity (Wildman–Crippen MR) is 95.8 cm³/mol. The predicted octanol–water partition coefficient (Wildman–Crippen LogP) is 6.83. The van der Waals surface area contributed by atoms with Crippen molar-refractivity contribution in [2.45, 2.75) is 11.2 Å². The minimum atomic E-state index is 0.190. The fourth-order valence-electron chi connectivity index (χ4n) is 2.45. The monoisotopic (exact) mass is 378 g/mol. The van der Waals surface area contributed by atoms with Gasteiger partial charge in [-0.1, -0.05) is 81.6 Å². The Kier molecular flexibility index (Phi) is 4.54. The SMILES string of the molecule is Clc1cc(Cl)cc(C(Br)Cc2ccc3ccccc3c2)c1. The van der Waals surface area contributed by atoms with E-state index in [-0.39, 0.29) is 4.83 Å². The molecule has 0 aliphatic carbocycles. The number of benzene rings is 3. The molecule has 0 radical (unpaired) electrons. The van der Waals surface area contributed by atoms with Crippen molar-refractivity contribution in [3.8, 4) is 0 Å². The molecule has 0 bridgehead atoms. The number of hydrogen-bond donors (Lipinski definition) is 0. The van der Waals surface area contributed by atoms with Crippen molar-refractivity contribution in [2.24, 2.45) is 0 Å². The minimum absolute atomic E-state index is 0.190. The van der Waals surface area contributed by atoms with Crippen LogP contribution in [0.4, 0.5) is 0 Å². The standard InChI is InChI=1S/C18H13BrCl2/c19-18(15-9-16(20)11-17(21)10-15)8-12-5-6-13-3-1-2-4-14(13)7-12/h1-7,9-11,18H,8H2. The number of halogens is 3. The minimum Gasteiger partial charge on any atom is -0.0843 e. The Labute approximate surface area is 142 Å². The summed E-state index contributed by atoms with van der Waals surface area (Å²) in [6, 6.07) is 20.6. The number of rotatable bonds is 3. The van der Waals surface area contributed by atoms with Gasteiger partial charge in [-0.25, -0.2) is 0 Å². The van der Waals surface area contributed by atoms with Gasteiger partial charge in [0.2, 0.25) is 0 Å². The van der Waals surface area contributed by atoms with Crippen LogP contribution in [0.1, 0.15) is 16.0 Å². The lowest BCUT2D eigenvalue weighted by atomic mass is 10.0. The third-order valence-corrected chi connectivity index (χ3v) is 4.76. The molecule has 3 aromatic carbocycles. The Morgan fingerprint density at radius 2 is 1.48 bits per heavy atom. The van der Waals surface area contributed by atoms with Crippen LogP contribution in [0.2, 0.25) is 10.0 Å². The van der Waals surface area contributed by atoms with Gasteiger partial charge >= 0.3 is 0 Å². The van der Waals surface area contributed by atoms with E-state index in [1.165, 1.54) is 16.3 Å². The lowest BCUT2D eigenvalue weighted by Crippen LogP contribution is -1.95. The fraction of sp³-hybridized carbons (Fsp3) is 0.111. The van der Waals surface area contributed by atoms with Gasteiger partial charge in [0, 0.05) is 14.9 Å². The summed E-state index contributed by atoms with van der Waals surface area (Å²) in [4.78, 5) is 0.190. The van der Waals surface area contributed by atoms with Crippen LogP contribution in [-0.4, -0.2) is 0 Å². The number of alkyl halides is 1. The highest BCUT2D eigenvalue weighted by molar-refractivity contribution is 9.09. The third kappa shape index (κ3) is 3.60. The lowest BCUT2D eigenvalue weighted by molar-refractivity contribution is 0.951. The van der Waals surface area contributed by atoms with Crippen molar-refractivity contribution in [3.63, 3.8) is 0 Å². The van der Waals surface area contributed by atoms with Gasteiger partial charge < -0.3 is 0 Å². The highest BCUT2D eigenvalue weighted by Crippen LogP contribution is 2.32. The molecule has 0 spiro atoms. The van der Waals surface area contributed by atoms with Crippen LogP contribution in [0.15, 0.2) is 60.7 Å². The number of fused-ring (bicyclic) bond motifs is 1. The first-order chi connectivity index (χ1) is 10.1. The van der Waals surface area contributed by atoms with Crippen LogP contribution in [0, 0.1) is 0 Å². The Balaban J connectivity index is 1.86. The zero-order valence-corrected chi connectivity index (χ0v) is 14.3. The van der Waals surface area contributed by atoms with Gasteiger partial charge in [0.1, 0.15) is 0 Å². The molecule has 0 saturated carbocycles. The highest BCUT2D eigenvalue weighted by Gasteiger charge is 2.10. The van der Waals surface area contributed by atoms with Crippen LogP contribution in [0.25, 0.3) is 10.8 Å². The van der Waals surface area contributed by atoms with E-state index in [2.05, 4.69) is 58.4 Å². The van der Waals surface area contributed by atoms with Gasteiger partial charge in [0.15, 0.2) is 0 Å². The maximum Gasteiger partial charge on any atom is 0.0436 e. The van der Waals surface area contributed by atoms with Crippen molar-refractivity contribution in [1.82, 2.24) is 0 Å². The Bertz CT molecular complexity index is 763. The third-order valence-electron chi connectivity index (χ3n) is 3.48.